The van der Waals surface area contributed by atoms with E-state index in [2.05, 4.69) is 9.98 Å². The van der Waals surface area contributed by atoms with Crippen LogP contribution >= 0.6 is 0 Å². The third kappa shape index (κ3) is 3.24. The number of nitrogens with zero attached hydrogens (tertiary/aromatic N) is 2. The van der Waals surface area contributed by atoms with E-state index in [1.807, 2.05) is 48.5 Å². The summed E-state index contributed by atoms with van der Waals surface area (Å²) in [6, 6.07) is 15.7. The Labute approximate surface area is 151 Å². The van der Waals surface area contributed by atoms with Crippen molar-refractivity contribution < 1.29 is 14.3 Å². The van der Waals surface area contributed by atoms with Crippen LogP contribution in [-0.4, -0.2) is 23.4 Å². The third-order valence-electron chi connectivity index (χ3n) is 4.29. The van der Waals surface area contributed by atoms with Gasteiger partial charge in [-0.1, -0.05) is 30.3 Å². The van der Waals surface area contributed by atoms with Crippen molar-refractivity contribution in [3.05, 3.63) is 71.2 Å². The molecule has 0 fully saturated rings. The second-order valence-electron chi connectivity index (χ2n) is 6.02. The Morgan fingerprint density at radius 3 is 2.88 bits per heavy atom. The summed E-state index contributed by atoms with van der Waals surface area (Å²) in [5.74, 6) is 1.15. The lowest BCUT2D eigenvalue weighted by Crippen LogP contribution is -1.93. The second-order valence-corrected chi connectivity index (χ2v) is 6.02. The van der Waals surface area contributed by atoms with E-state index in [-0.39, 0.29) is 5.95 Å². The van der Waals surface area contributed by atoms with Gasteiger partial charge >= 0.3 is 5.95 Å². The minimum Gasteiger partial charge on any atom is -0.497 e. The molecule has 0 unspecified atom stereocenters. The molecular weight excluding hydrogens is 328 g/mol. The number of rotatable bonds is 5. The molecule has 0 amide bonds. The van der Waals surface area contributed by atoms with E-state index in [1.165, 1.54) is 0 Å². The zero-order valence-electron chi connectivity index (χ0n) is 14.3. The van der Waals surface area contributed by atoms with Crippen molar-refractivity contribution in [3.8, 4) is 11.7 Å². The van der Waals surface area contributed by atoms with Crippen LogP contribution < -0.4 is 4.74 Å². The van der Waals surface area contributed by atoms with Crippen LogP contribution in [0.2, 0.25) is 0 Å². The number of aromatic hydroxyl groups is 1. The van der Waals surface area contributed by atoms with Gasteiger partial charge in [-0.2, -0.15) is 0 Å². The Morgan fingerprint density at radius 1 is 1.12 bits per heavy atom. The van der Waals surface area contributed by atoms with Crippen molar-refractivity contribution >= 4 is 23.6 Å². The lowest BCUT2D eigenvalue weighted by Gasteiger charge is -2.02. The summed E-state index contributed by atoms with van der Waals surface area (Å²) in [5.41, 5.74) is 4.39. The molecule has 0 atom stereocenters. The predicted octanol–water partition coefficient (Wildman–Crippen LogP) is 4.43. The number of ether oxygens (including phenoxy) is 1. The van der Waals surface area contributed by atoms with Gasteiger partial charge in [0.05, 0.1) is 12.8 Å². The van der Waals surface area contributed by atoms with E-state index >= 15 is 0 Å². The van der Waals surface area contributed by atoms with Gasteiger partial charge in [0.15, 0.2) is 5.89 Å². The average Bonchev–Trinajstić information content (AvgIpc) is 3.24. The smallest absolute Gasteiger partial charge is 0.310 e. The number of benzene rings is 2. The summed E-state index contributed by atoms with van der Waals surface area (Å²) < 4.78 is 10.6. The molecule has 0 saturated carbocycles. The molecule has 0 saturated heterocycles. The van der Waals surface area contributed by atoms with Gasteiger partial charge in [0.2, 0.25) is 0 Å². The maximum atomic E-state index is 10.1. The van der Waals surface area contributed by atoms with Gasteiger partial charge in [0, 0.05) is 23.8 Å². The molecule has 5 nitrogen and oxygen atoms in total. The highest BCUT2D eigenvalue weighted by molar-refractivity contribution is 6.21. The number of aliphatic imine (C=N–C) groups is 1. The zero-order chi connectivity index (χ0) is 17.9. The first-order valence-corrected chi connectivity index (χ1v) is 8.40. The number of para-hydroxylation sites is 1. The van der Waals surface area contributed by atoms with E-state index in [9.17, 15) is 5.11 Å². The van der Waals surface area contributed by atoms with Crippen molar-refractivity contribution in [1.29, 1.82) is 0 Å². The molecule has 1 aliphatic heterocycles. The number of oxazole rings is 1. The average molecular weight is 346 g/mol. The first-order chi connectivity index (χ1) is 12.7. The molecule has 1 aliphatic rings. The summed E-state index contributed by atoms with van der Waals surface area (Å²) in [7, 11) is 1.65. The van der Waals surface area contributed by atoms with Gasteiger partial charge in [-0.25, -0.2) is 4.98 Å². The minimum absolute atomic E-state index is 0.170. The van der Waals surface area contributed by atoms with E-state index < -0.39 is 0 Å². The first-order valence-electron chi connectivity index (χ1n) is 8.40. The van der Waals surface area contributed by atoms with Crippen LogP contribution in [0.3, 0.4) is 0 Å². The lowest BCUT2D eigenvalue weighted by molar-refractivity contribution is 0.316. The molecule has 1 N–H and O–H groups in total. The SMILES string of the molecule is COc1cccc(CCc2nc(/C=C3\C=Nc4ccccc43)c(O)o2)c1. The number of allylic oxidation sites excluding steroid dienone is 1. The fraction of sp³-hybridized carbons (Fsp3) is 0.143. The number of hydrogen-bond donors (Lipinski definition) is 1. The van der Waals surface area contributed by atoms with Crippen LogP contribution in [0.5, 0.6) is 11.7 Å². The fourth-order valence-electron chi connectivity index (χ4n) is 2.95. The molecule has 0 bridgehead atoms. The molecule has 26 heavy (non-hydrogen) atoms. The maximum Gasteiger partial charge on any atom is 0.310 e. The van der Waals surface area contributed by atoms with Crippen LogP contribution in [0.25, 0.3) is 11.6 Å². The molecule has 0 spiro atoms. The van der Waals surface area contributed by atoms with Crippen molar-refractivity contribution in [3.63, 3.8) is 0 Å². The van der Waals surface area contributed by atoms with Crippen LogP contribution in [-0.2, 0) is 12.8 Å². The van der Waals surface area contributed by atoms with Crippen molar-refractivity contribution in [2.24, 2.45) is 4.99 Å². The highest BCUT2D eigenvalue weighted by atomic mass is 16.5. The van der Waals surface area contributed by atoms with Gasteiger partial charge in [-0.15, -0.1) is 0 Å². The first kappa shape index (κ1) is 16.1. The van der Waals surface area contributed by atoms with Gasteiger partial charge in [0.25, 0.3) is 0 Å². The Hall–Kier alpha value is -3.34. The van der Waals surface area contributed by atoms with Crippen LogP contribution in [0, 0.1) is 0 Å². The van der Waals surface area contributed by atoms with Crippen molar-refractivity contribution in [2.75, 3.05) is 7.11 Å². The Balaban J connectivity index is 1.51. The van der Waals surface area contributed by atoms with E-state index in [0.717, 1.165) is 34.6 Å². The van der Waals surface area contributed by atoms with Crippen LogP contribution in [0.4, 0.5) is 5.69 Å². The Morgan fingerprint density at radius 2 is 2.00 bits per heavy atom. The molecule has 0 aliphatic carbocycles. The standard InChI is InChI=1S/C21H18N2O3/c1-25-16-6-4-5-14(11-16)9-10-20-23-19(21(24)26-20)12-15-13-22-18-8-3-2-7-17(15)18/h2-8,11-13,24H,9-10H2,1H3/b15-12+. The third-order valence-corrected chi connectivity index (χ3v) is 4.29. The van der Waals surface area contributed by atoms with E-state index in [0.29, 0.717) is 18.0 Å². The monoisotopic (exact) mass is 346 g/mol. The number of methoxy groups -OCH3 is 1. The summed E-state index contributed by atoms with van der Waals surface area (Å²) in [4.78, 5) is 8.78. The fourth-order valence-corrected chi connectivity index (χ4v) is 2.95. The quantitative estimate of drug-likeness (QED) is 0.742. The number of aromatic nitrogens is 1. The maximum absolute atomic E-state index is 10.1. The Kier molecular flexibility index (Phi) is 4.27. The summed E-state index contributed by atoms with van der Waals surface area (Å²) in [5, 5.41) is 10.1. The number of hydrogen-bond acceptors (Lipinski definition) is 5. The molecule has 0 radical (unpaired) electrons. The number of fused-ring (bicyclic) bond motifs is 1. The molecule has 130 valence electrons. The minimum atomic E-state index is -0.170. The number of aryl methyl sites for hydroxylation is 2. The normalized spacial score (nSPS) is 14.0. The Bertz CT molecular complexity index is 1000. The molecule has 4 rings (SSSR count). The highest BCUT2D eigenvalue weighted by Gasteiger charge is 2.15. The molecular formula is C21H18N2O3. The van der Waals surface area contributed by atoms with Gasteiger partial charge in [-0.05, 0) is 36.3 Å². The topological polar surface area (TPSA) is 67.9 Å². The van der Waals surface area contributed by atoms with E-state index in [1.54, 1.807) is 19.4 Å². The molecule has 2 heterocycles. The van der Waals surface area contributed by atoms with Crippen molar-refractivity contribution in [2.45, 2.75) is 12.8 Å². The van der Waals surface area contributed by atoms with Gasteiger partial charge < -0.3 is 14.3 Å². The summed E-state index contributed by atoms with van der Waals surface area (Å²) in [6.07, 6.45) is 4.91. The lowest BCUT2D eigenvalue weighted by atomic mass is 10.1. The molecule has 1 aromatic heterocycles. The van der Waals surface area contributed by atoms with Gasteiger partial charge in [-0.3, -0.25) is 4.99 Å². The van der Waals surface area contributed by atoms with Crippen LogP contribution in [0.1, 0.15) is 22.7 Å². The van der Waals surface area contributed by atoms with E-state index in [4.69, 9.17) is 9.15 Å². The predicted molar refractivity (Wildman–Crippen MR) is 101 cm³/mol. The summed E-state index contributed by atoms with van der Waals surface area (Å²) in [6.45, 7) is 0. The molecule has 2 aromatic carbocycles. The molecule has 3 aromatic rings. The summed E-state index contributed by atoms with van der Waals surface area (Å²) >= 11 is 0. The zero-order valence-corrected chi connectivity index (χ0v) is 14.3. The highest BCUT2D eigenvalue weighted by Crippen LogP contribution is 2.33. The second kappa shape index (κ2) is 6.88. The van der Waals surface area contributed by atoms with Gasteiger partial charge in [0.1, 0.15) is 11.4 Å². The molecule has 5 heteroatoms. The van der Waals surface area contributed by atoms with Crippen molar-refractivity contribution in [1.82, 2.24) is 4.98 Å². The largest absolute Gasteiger partial charge is 0.497 e. The van der Waals surface area contributed by atoms with Crippen LogP contribution in [0.15, 0.2) is 57.9 Å².